The van der Waals surface area contributed by atoms with Crippen LogP contribution in [-0.2, 0) is 14.3 Å². The van der Waals surface area contributed by atoms with Gasteiger partial charge in [0.2, 0.25) is 11.8 Å². The van der Waals surface area contributed by atoms with Gasteiger partial charge in [-0.05, 0) is 80.2 Å². The van der Waals surface area contributed by atoms with Crippen molar-refractivity contribution in [2.24, 2.45) is 17.8 Å². The zero-order valence-electron chi connectivity index (χ0n) is 20.6. The molecule has 4 atom stereocenters. The number of aromatic nitrogens is 1. The molecule has 1 aliphatic carbocycles. The van der Waals surface area contributed by atoms with E-state index in [1.165, 1.54) is 16.0 Å². The number of allylic oxidation sites excluding steroid dienone is 2. The van der Waals surface area contributed by atoms with Crippen LogP contribution in [0.3, 0.4) is 0 Å². The number of ether oxygens (including phenoxy) is 1. The number of amides is 2. The number of carbonyl (C=O) groups is 2. The molecule has 6 nitrogen and oxygen atoms in total. The van der Waals surface area contributed by atoms with Crippen molar-refractivity contribution in [3.63, 3.8) is 0 Å². The zero-order chi connectivity index (χ0) is 25.4. The molecule has 0 bridgehead atoms. The van der Waals surface area contributed by atoms with Crippen LogP contribution in [0.15, 0.2) is 58.2 Å². The minimum absolute atomic E-state index is 0.0112. The van der Waals surface area contributed by atoms with E-state index in [1.54, 1.807) is 12.3 Å². The summed E-state index contributed by atoms with van der Waals surface area (Å²) in [6.07, 6.45) is 6.49. The molecule has 1 aromatic heterocycles. The first-order chi connectivity index (χ1) is 17.4. The van der Waals surface area contributed by atoms with Gasteiger partial charge in [-0.15, -0.1) is 0 Å². The van der Waals surface area contributed by atoms with Gasteiger partial charge in [0.1, 0.15) is 5.75 Å². The Bertz CT molecular complexity index is 1240. The Morgan fingerprint density at radius 2 is 2.06 bits per heavy atom. The average molecular weight is 551 g/mol. The number of pyridine rings is 1. The van der Waals surface area contributed by atoms with Gasteiger partial charge >= 0.3 is 0 Å². The number of imide groups is 1. The standard InChI is InChI=1S/C29H31BrN2O4/c1-3-12-32-28(34)21-13-17(2)26-22(27(21)29(32)35)16-36-25(26)10-7-18(23-6-4-5-11-31-23)14-19-15-20(30)8-9-24(19)33/h4-6,8-9,11,14-15,21-22,25,27,33H,3,7,10,12-13,16H2,1-2H3/b18-14-/t21-,22+,25-,27-/m1/s1. The molecule has 1 N–H and O–H groups in total. The lowest BCUT2D eigenvalue weighted by Crippen LogP contribution is -2.34. The highest BCUT2D eigenvalue weighted by Crippen LogP contribution is 2.49. The van der Waals surface area contributed by atoms with Crippen molar-refractivity contribution < 1.29 is 19.4 Å². The summed E-state index contributed by atoms with van der Waals surface area (Å²) in [7, 11) is 0. The van der Waals surface area contributed by atoms with E-state index in [4.69, 9.17) is 4.74 Å². The molecule has 1 aromatic carbocycles. The average Bonchev–Trinajstić information content (AvgIpc) is 3.40. The molecule has 2 saturated heterocycles. The number of fused-ring (bicyclic) bond motifs is 3. The number of benzene rings is 1. The number of hydrogen-bond donors (Lipinski definition) is 1. The summed E-state index contributed by atoms with van der Waals surface area (Å²) in [5.41, 5.74) is 4.98. The van der Waals surface area contributed by atoms with Crippen LogP contribution in [0.5, 0.6) is 5.75 Å². The molecule has 2 aliphatic heterocycles. The van der Waals surface area contributed by atoms with Gasteiger partial charge in [0, 0.05) is 28.7 Å². The van der Waals surface area contributed by atoms with E-state index in [0.717, 1.165) is 34.1 Å². The summed E-state index contributed by atoms with van der Waals surface area (Å²) in [6.45, 7) is 5.06. The molecule has 5 rings (SSSR count). The number of hydrogen-bond acceptors (Lipinski definition) is 5. The van der Waals surface area contributed by atoms with Gasteiger partial charge in [-0.1, -0.05) is 34.5 Å². The second-order valence-corrected chi connectivity index (χ2v) is 10.9. The molecular formula is C29H31BrN2O4. The number of phenolic OH excluding ortho intramolecular Hbond substituents is 1. The molecule has 0 radical (unpaired) electrons. The van der Waals surface area contributed by atoms with Crippen molar-refractivity contribution in [2.45, 2.75) is 45.6 Å². The number of carbonyl (C=O) groups excluding carboxylic acids is 2. The first-order valence-electron chi connectivity index (χ1n) is 12.7. The van der Waals surface area contributed by atoms with E-state index < -0.39 is 0 Å². The van der Waals surface area contributed by atoms with Gasteiger partial charge in [0.05, 0.1) is 30.2 Å². The molecule has 7 heteroatoms. The number of rotatable bonds is 7. The van der Waals surface area contributed by atoms with Crippen LogP contribution in [0.1, 0.15) is 50.8 Å². The quantitative estimate of drug-likeness (QED) is 0.357. The lowest BCUT2D eigenvalue weighted by atomic mass is 9.70. The van der Waals surface area contributed by atoms with Crippen LogP contribution in [0.4, 0.5) is 0 Å². The molecule has 188 valence electrons. The first kappa shape index (κ1) is 24.9. The van der Waals surface area contributed by atoms with E-state index in [0.29, 0.717) is 26.0 Å². The number of halogens is 1. The monoisotopic (exact) mass is 550 g/mol. The van der Waals surface area contributed by atoms with Crippen molar-refractivity contribution in [1.29, 1.82) is 0 Å². The van der Waals surface area contributed by atoms with E-state index in [9.17, 15) is 14.7 Å². The maximum Gasteiger partial charge on any atom is 0.233 e. The second kappa shape index (κ2) is 10.3. The Labute approximate surface area is 220 Å². The smallest absolute Gasteiger partial charge is 0.233 e. The van der Waals surface area contributed by atoms with Crippen LogP contribution >= 0.6 is 15.9 Å². The summed E-state index contributed by atoms with van der Waals surface area (Å²) >= 11 is 3.49. The predicted molar refractivity (Wildman–Crippen MR) is 142 cm³/mol. The Kier molecular flexibility index (Phi) is 7.13. The normalized spacial score (nSPS) is 26.0. The lowest BCUT2D eigenvalue weighted by molar-refractivity contribution is -0.140. The van der Waals surface area contributed by atoms with Crippen LogP contribution in [0, 0.1) is 17.8 Å². The van der Waals surface area contributed by atoms with Gasteiger partial charge in [0.15, 0.2) is 0 Å². The Morgan fingerprint density at radius 1 is 1.22 bits per heavy atom. The molecule has 0 spiro atoms. The molecule has 2 amide bonds. The topological polar surface area (TPSA) is 79.7 Å². The molecule has 0 unspecified atom stereocenters. The third kappa shape index (κ3) is 4.55. The van der Waals surface area contributed by atoms with Gasteiger partial charge in [-0.2, -0.15) is 0 Å². The van der Waals surface area contributed by atoms with Crippen LogP contribution in [0.2, 0.25) is 0 Å². The third-order valence-corrected chi connectivity index (χ3v) is 8.17. The summed E-state index contributed by atoms with van der Waals surface area (Å²) in [5, 5.41) is 10.4. The highest BCUT2D eigenvalue weighted by Gasteiger charge is 2.56. The van der Waals surface area contributed by atoms with Crippen molar-refractivity contribution >= 4 is 39.4 Å². The largest absolute Gasteiger partial charge is 0.507 e. The molecule has 2 fully saturated rings. The van der Waals surface area contributed by atoms with Gasteiger partial charge in [-0.25, -0.2) is 0 Å². The van der Waals surface area contributed by atoms with Crippen molar-refractivity contribution in [2.75, 3.05) is 13.2 Å². The molecular weight excluding hydrogens is 520 g/mol. The highest BCUT2D eigenvalue weighted by molar-refractivity contribution is 9.10. The SMILES string of the molecule is CCCN1C(=O)[C@@H]2[C@@H](CC(C)=C3[C@@H](CC/C(=C/c4cc(Br)ccc4O)c4ccccn4)OC[C@@H]32)C1=O. The number of nitrogens with zero attached hydrogens (tertiary/aromatic N) is 2. The molecule has 3 aliphatic rings. The fourth-order valence-electron chi connectivity index (χ4n) is 6.08. The van der Waals surface area contributed by atoms with E-state index in [1.807, 2.05) is 43.3 Å². The first-order valence-corrected chi connectivity index (χ1v) is 13.4. The van der Waals surface area contributed by atoms with Crippen molar-refractivity contribution in [1.82, 2.24) is 9.88 Å². The zero-order valence-corrected chi connectivity index (χ0v) is 22.2. The molecule has 0 saturated carbocycles. The summed E-state index contributed by atoms with van der Waals surface area (Å²) in [4.78, 5) is 32.2. The van der Waals surface area contributed by atoms with E-state index in [2.05, 4.69) is 27.8 Å². The Balaban J connectivity index is 1.40. The molecule has 36 heavy (non-hydrogen) atoms. The minimum atomic E-state index is -0.294. The molecule has 2 aromatic rings. The maximum atomic E-state index is 13.2. The number of phenols is 1. The summed E-state index contributed by atoms with van der Waals surface area (Å²) in [5.74, 6) is -0.390. The fraction of sp³-hybridized carbons (Fsp3) is 0.414. The van der Waals surface area contributed by atoms with Gasteiger partial charge in [0.25, 0.3) is 0 Å². The highest BCUT2D eigenvalue weighted by atomic mass is 79.9. The number of likely N-dealkylation sites (tertiary alicyclic amines) is 1. The van der Waals surface area contributed by atoms with E-state index >= 15 is 0 Å². The Hall–Kier alpha value is -2.77. The van der Waals surface area contributed by atoms with Crippen LogP contribution < -0.4 is 0 Å². The lowest BCUT2D eigenvalue weighted by Gasteiger charge is -2.30. The van der Waals surface area contributed by atoms with Crippen molar-refractivity contribution in [3.05, 3.63) is 69.5 Å². The van der Waals surface area contributed by atoms with E-state index in [-0.39, 0.29) is 41.4 Å². The number of aromatic hydroxyl groups is 1. The van der Waals surface area contributed by atoms with Crippen LogP contribution in [0.25, 0.3) is 11.6 Å². The minimum Gasteiger partial charge on any atom is -0.507 e. The predicted octanol–water partition coefficient (Wildman–Crippen LogP) is 5.62. The van der Waals surface area contributed by atoms with Crippen molar-refractivity contribution in [3.8, 4) is 5.75 Å². The second-order valence-electron chi connectivity index (χ2n) is 9.96. The fourth-order valence-corrected chi connectivity index (χ4v) is 6.46. The van der Waals surface area contributed by atoms with Gasteiger partial charge < -0.3 is 9.84 Å². The third-order valence-electron chi connectivity index (χ3n) is 7.68. The Morgan fingerprint density at radius 3 is 2.81 bits per heavy atom. The van der Waals surface area contributed by atoms with Gasteiger partial charge in [-0.3, -0.25) is 19.5 Å². The maximum absolute atomic E-state index is 13.2. The molecule has 3 heterocycles. The van der Waals surface area contributed by atoms with Crippen LogP contribution in [-0.4, -0.2) is 46.1 Å². The summed E-state index contributed by atoms with van der Waals surface area (Å²) in [6, 6.07) is 11.2. The summed E-state index contributed by atoms with van der Waals surface area (Å²) < 4.78 is 7.18.